The van der Waals surface area contributed by atoms with Crippen LogP contribution < -0.4 is 11.5 Å². The zero-order valence-electron chi connectivity index (χ0n) is 28.2. The van der Waals surface area contributed by atoms with Crippen molar-refractivity contribution in [3.05, 3.63) is 79.9 Å². The molecule has 0 aliphatic heterocycles. The SMILES string of the molecule is Nc1c(/N=N/c2ccc(-c3ccc(/N=N/c4cc(S(=O)(=O)O)c5c(I)ccc(O)c5c4N)cc3S(=O)(=O)O)c(S(=O)(=O)O)c2)cc(S(=O)(=O)O)c2c(I)ccc(O)c12. The number of hydrogen-bond donors (Lipinski definition) is 8. The van der Waals surface area contributed by atoms with Crippen LogP contribution in [0.4, 0.5) is 34.1 Å². The van der Waals surface area contributed by atoms with Gasteiger partial charge >= 0.3 is 0 Å². The molecule has 0 saturated carbocycles. The van der Waals surface area contributed by atoms with Crippen LogP contribution in [0, 0.1) is 7.14 Å². The number of phenolic OH excluding ortho intramolecular Hbond substituents is 2. The van der Waals surface area contributed by atoms with E-state index >= 15 is 0 Å². The first-order valence-corrected chi connectivity index (χ1v) is 23.2. The first kappa shape index (κ1) is 42.9. The number of nitrogen functional groups attached to an aromatic ring is 2. The Labute approximate surface area is 354 Å². The summed E-state index contributed by atoms with van der Waals surface area (Å²) in [6.07, 6.45) is 0. The highest BCUT2D eigenvalue weighted by molar-refractivity contribution is 14.1. The molecule has 0 spiro atoms. The van der Waals surface area contributed by atoms with Gasteiger partial charge in [0.15, 0.2) is 0 Å². The van der Waals surface area contributed by atoms with Crippen LogP contribution >= 0.6 is 45.2 Å². The van der Waals surface area contributed by atoms with Gasteiger partial charge in [-0.2, -0.15) is 43.9 Å². The second-order valence-corrected chi connectivity index (χ2v) is 19.8. The predicted octanol–water partition coefficient (Wildman–Crippen LogP) is 7.26. The third-order valence-corrected chi connectivity index (χ3v) is 13.6. The van der Waals surface area contributed by atoms with E-state index in [-0.39, 0.29) is 55.7 Å². The molecule has 0 unspecified atom stereocenters. The lowest BCUT2D eigenvalue weighted by Gasteiger charge is -2.13. The third kappa shape index (κ3) is 8.28. The summed E-state index contributed by atoms with van der Waals surface area (Å²) in [5, 5.41) is 35.8. The van der Waals surface area contributed by atoms with Gasteiger partial charge in [-0.15, -0.1) is 10.2 Å². The number of azo groups is 2. The minimum Gasteiger partial charge on any atom is -0.507 e. The zero-order chi connectivity index (χ0) is 42.9. The molecule has 0 atom stereocenters. The predicted molar refractivity (Wildman–Crippen MR) is 225 cm³/mol. The lowest BCUT2D eigenvalue weighted by atomic mass is 10.0. The van der Waals surface area contributed by atoms with E-state index in [4.69, 9.17) is 11.5 Å². The summed E-state index contributed by atoms with van der Waals surface area (Å²) in [7, 11) is -20.3. The molecule has 0 aliphatic carbocycles. The van der Waals surface area contributed by atoms with Crippen LogP contribution in [0.5, 0.6) is 11.5 Å². The summed E-state index contributed by atoms with van der Waals surface area (Å²) in [5.41, 5.74) is 9.39. The van der Waals surface area contributed by atoms with Crippen LogP contribution in [-0.2, 0) is 40.5 Å². The highest BCUT2D eigenvalue weighted by Gasteiger charge is 2.27. The second-order valence-electron chi connectivity index (χ2n) is 11.9. The molecule has 58 heavy (non-hydrogen) atoms. The lowest BCUT2D eigenvalue weighted by Crippen LogP contribution is -2.05. The van der Waals surface area contributed by atoms with Crippen molar-refractivity contribution < 1.29 is 62.1 Å². The Balaban J connectivity index is 1.46. The number of hydrogen-bond acceptors (Lipinski definition) is 16. The van der Waals surface area contributed by atoms with Crippen molar-refractivity contribution >= 4 is 141 Å². The maximum Gasteiger partial charge on any atom is 0.295 e. The number of halogens is 2. The Morgan fingerprint density at radius 3 is 1.07 bits per heavy atom. The van der Waals surface area contributed by atoms with Gasteiger partial charge in [0.05, 0.1) is 33.5 Å². The van der Waals surface area contributed by atoms with Crippen LogP contribution in [-0.4, -0.2) is 62.1 Å². The molecular weight excluding hydrogens is 1070 g/mol. The molecule has 6 aromatic carbocycles. The average molecular weight is 1100 g/mol. The first-order valence-electron chi connectivity index (χ1n) is 15.3. The Kier molecular flexibility index (Phi) is 11.2. The highest BCUT2D eigenvalue weighted by atomic mass is 127. The van der Waals surface area contributed by atoms with Gasteiger partial charge in [0.25, 0.3) is 40.5 Å². The number of benzene rings is 6. The van der Waals surface area contributed by atoms with Crippen LogP contribution in [0.1, 0.15) is 0 Å². The van der Waals surface area contributed by atoms with Gasteiger partial charge in [-0.3, -0.25) is 18.2 Å². The summed E-state index contributed by atoms with van der Waals surface area (Å²) >= 11 is 3.53. The topological polar surface area (TPSA) is 359 Å². The molecular formula is C32H22I2N6O14S4. The van der Waals surface area contributed by atoms with Gasteiger partial charge in [-0.25, -0.2) is 0 Å². The molecule has 0 saturated heterocycles. The first-order chi connectivity index (χ1) is 26.8. The maximum atomic E-state index is 12.6. The highest BCUT2D eigenvalue weighted by Crippen LogP contribution is 2.45. The van der Waals surface area contributed by atoms with E-state index in [0.29, 0.717) is 7.14 Å². The van der Waals surface area contributed by atoms with Crippen molar-refractivity contribution in [3.8, 4) is 22.6 Å². The number of fused-ring (bicyclic) bond motifs is 2. The summed E-state index contributed by atoms with van der Waals surface area (Å²) in [6.45, 7) is 0. The Bertz CT molecular complexity index is 3090. The molecule has 6 aromatic rings. The van der Waals surface area contributed by atoms with E-state index in [1.807, 2.05) is 0 Å². The fourth-order valence-electron chi connectivity index (χ4n) is 5.78. The largest absolute Gasteiger partial charge is 0.507 e. The molecule has 0 bridgehead atoms. The number of phenols is 2. The van der Waals surface area contributed by atoms with Crippen LogP contribution in [0.3, 0.4) is 0 Å². The minimum atomic E-state index is -5.22. The van der Waals surface area contributed by atoms with E-state index < -0.39 is 82.7 Å². The normalized spacial score (nSPS) is 13.0. The number of aromatic hydroxyl groups is 2. The molecule has 302 valence electrons. The smallest absolute Gasteiger partial charge is 0.295 e. The lowest BCUT2D eigenvalue weighted by molar-refractivity contribution is 0.479. The van der Waals surface area contributed by atoms with E-state index in [0.717, 1.165) is 48.5 Å². The molecule has 0 heterocycles. The number of rotatable bonds is 9. The molecule has 0 fully saturated rings. The molecule has 20 nitrogen and oxygen atoms in total. The van der Waals surface area contributed by atoms with E-state index in [1.54, 1.807) is 45.2 Å². The van der Waals surface area contributed by atoms with Crippen molar-refractivity contribution in [2.75, 3.05) is 11.5 Å². The molecule has 0 radical (unpaired) electrons. The van der Waals surface area contributed by atoms with Gasteiger partial charge in [-0.05, 0) is 106 Å². The molecule has 10 N–H and O–H groups in total. The number of anilines is 2. The Hall–Kier alpha value is -4.66. The van der Waals surface area contributed by atoms with Gasteiger partial charge < -0.3 is 21.7 Å². The van der Waals surface area contributed by atoms with Gasteiger partial charge in [-0.1, -0.05) is 12.1 Å². The van der Waals surface area contributed by atoms with Gasteiger partial charge in [0.1, 0.15) is 42.5 Å². The number of nitrogens with two attached hydrogens (primary N) is 2. The van der Waals surface area contributed by atoms with E-state index in [9.17, 15) is 62.1 Å². The summed E-state index contributed by atoms with van der Waals surface area (Å²) in [4.78, 5) is -3.26. The average Bonchev–Trinajstić information content (AvgIpc) is 3.11. The zero-order valence-corrected chi connectivity index (χ0v) is 35.8. The van der Waals surface area contributed by atoms with Crippen molar-refractivity contribution in [1.29, 1.82) is 0 Å². The van der Waals surface area contributed by atoms with Crippen molar-refractivity contribution in [3.63, 3.8) is 0 Å². The quantitative estimate of drug-likeness (QED) is 0.0305. The summed E-state index contributed by atoms with van der Waals surface area (Å²) in [6, 6.07) is 12.6. The van der Waals surface area contributed by atoms with Crippen molar-refractivity contribution in [2.45, 2.75) is 19.6 Å². The summed E-state index contributed by atoms with van der Waals surface area (Å²) in [5.74, 6) is -0.927. The van der Waals surface area contributed by atoms with Gasteiger partial charge in [0, 0.05) is 29.0 Å². The second kappa shape index (κ2) is 15.2. The van der Waals surface area contributed by atoms with Crippen LogP contribution in [0.25, 0.3) is 32.7 Å². The Morgan fingerprint density at radius 1 is 0.431 bits per heavy atom. The van der Waals surface area contributed by atoms with Crippen molar-refractivity contribution in [1.82, 2.24) is 0 Å². The van der Waals surface area contributed by atoms with E-state index in [2.05, 4.69) is 20.5 Å². The molecule has 0 amide bonds. The van der Waals surface area contributed by atoms with E-state index in [1.165, 1.54) is 24.3 Å². The molecule has 0 aliphatic rings. The Morgan fingerprint density at radius 2 is 0.759 bits per heavy atom. The fraction of sp³-hybridized carbons (Fsp3) is 0. The third-order valence-electron chi connectivity index (χ3n) is 8.26. The summed E-state index contributed by atoms with van der Waals surface area (Å²) < 4.78 is 140. The maximum absolute atomic E-state index is 12.6. The number of nitrogens with zero attached hydrogens (tertiary/aromatic N) is 4. The van der Waals surface area contributed by atoms with Crippen LogP contribution in [0.2, 0.25) is 0 Å². The van der Waals surface area contributed by atoms with Crippen LogP contribution in [0.15, 0.2) is 113 Å². The molecule has 0 aromatic heterocycles. The molecule has 6 rings (SSSR count). The minimum absolute atomic E-state index is 0.112. The molecule has 26 heteroatoms. The standard InChI is InChI=1S/C32H22I2N6O14S4/c33-17-5-7-21(41)29-27(17)25(57(49,50)51)11-19(31(29)35)39-37-13-1-3-15(23(9-13)55(43,44)45)16-4-2-14(10-24(16)56(46,47)48)38-40-20-12-26(58(52,53)54)28-18(34)6-8-22(42)30(28)32(20)36/h1-12,41-42H,35-36H2,(H,43,44,45)(H,46,47,48)(H,49,50,51)(H,52,53,54)/b39-37+,40-38+. The fourth-order valence-corrected chi connectivity index (χ4v) is 10.5. The monoisotopic (exact) mass is 1100 g/mol. The van der Waals surface area contributed by atoms with Crippen molar-refractivity contribution in [2.24, 2.45) is 20.5 Å². The van der Waals surface area contributed by atoms with Gasteiger partial charge in [0.2, 0.25) is 0 Å².